The SMILES string of the molecule is CSc1cccc(-n2cc(C(=O)O)ccc2=O)c1. The van der Waals surface area contributed by atoms with Crippen molar-refractivity contribution in [2.75, 3.05) is 6.26 Å². The second kappa shape index (κ2) is 5.10. The number of nitrogens with zero attached hydrogens (tertiary/aromatic N) is 1. The number of aromatic carboxylic acids is 1. The molecule has 0 saturated heterocycles. The second-order valence-electron chi connectivity index (χ2n) is 3.63. The Morgan fingerprint density at radius 3 is 2.72 bits per heavy atom. The number of carbonyl (C=O) groups is 1. The van der Waals surface area contributed by atoms with Gasteiger partial charge < -0.3 is 5.11 Å². The van der Waals surface area contributed by atoms with Gasteiger partial charge in [0.25, 0.3) is 5.56 Å². The van der Waals surface area contributed by atoms with E-state index in [0.717, 1.165) is 4.90 Å². The molecular formula is C13H11NO3S. The lowest BCUT2D eigenvalue weighted by molar-refractivity contribution is 0.0696. The topological polar surface area (TPSA) is 59.3 Å². The van der Waals surface area contributed by atoms with E-state index in [2.05, 4.69) is 0 Å². The normalized spacial score (nSPS) is 10.3. The first-order valence-electron chi connectivity index (χ1n) is 5.22. The van der Waals surface area contributed by atoms with Crippen LogP contribution in [0.3, 0.4) is 0 Å². The fraction of sp³-hybridized carbons (Fsp3) is 0.0769. The van der Waals surface area contributed by atoms with Crippen LogP contribution in [-0.4, -0.2) is 21.9 Å². The molecule has 0 atom stereocenters. The number of pyridine rings is 1. The summed E-state index contributed by atoms with van der Waals surface area (Å²) in [4.78, 5) is 23.7. The van der Waals surface area contributed by atoms with Gasteiger partial charge in [-0.05, 0) is 30.5 Å². The van der Waals surface area contributed by atoms with Crippen LogP contribution in [0.2, 0.25) is 0 Å². The van der Waals surface area contributed by atoms with Crippen LogP contribution >= 0.6 is 11.8 Å². The van der Waals surface area contributed by atoms with Crippen molar-refractivity contribution in [1.82, 2.24) is 4.57 Å². The first kappa shape index (κ1) is 12.4. The summed E-state index contributed by atoms with van der Waals surface area (Å²) >= 11 is 1.56. The van der Waals surface area contributed by atoms with Crippen molar-refractivity contribution < 1.29 is 9.90 Å². The van der Waals surface area contributed by atoms with Crippen molar-refractivity contribution in [1.29, 1.82) is 0 Å². The fourth-order valence-corrected chi connectivity index (χ4v) is 2.03. The quantitative estimate of drug-likeness (QED) is 0.861. The highest BCUT2D eigenvalue weighted by molar-refractivity contribution is 7.98. The van der Waals surface area contributed by atoms with Crippen LogP contribution in [-0.2, 0) is 0 Å². The van der Waals surface area contributed by atoms with Gasteiger partial charge in [-0.1, -0.05) is 6.07 Å². The molecular weight excluding hydrogens is 250 g/mol. The van der Waals surface area contributed by atoms with Gasteiger partial charge in [0.05, 0.1) is 5.56 Å². The maximum absolute atomic E-state index is 11.8. The molecule has 1 aromatic heterocycles. The van der Waals surface area contributed by atoms with E-state index in [9.17, 15) is 9.59 Å². The molecule has 1 aromatic carbocycles. The summed E-state index contributed by atoms with van der Waals surface area (Å²) in [5.74, 6) is -1.05. The van der Waals surface area contributed by atoms with Crippen molar-refractivity contribution in [3.05, 3.63) is 58.5 Å². The number of carboxylic acid groups (broad SMARTS) is 1. The summed E-state index contributed by atoms with van der Waals surface area (Å²) in [6.45, 7) is 0. The summed E-state index contributed by atoms with van der Waals surface area (Å²) in [6.07, 6.45) is 3.28. The molecule has 0 aliphatic rings. The van der Waals surface area contributed by atoms with Crippen molar-refractivity contribution in [2.24, 2.45) is 0 Å². The average molecular weight is 261 g/mol. The van der Waals surface area contributed by atoms with Gasteiger partial charge in [0.15, 0.2) is 0 Å². The van der Waals surface area contributed by atoms with Crippen molar-refractivity contribution in [3.63, 3.8) is 0 Å². The first-order valence-corrected chi connectivity index (χ1v) is 6.45. The van der Waals surface area contributed by atoms with E-state index in [4.69, 9.17) is 5.11 Å². The molecule has 2 rings (SSSR count). The Balaban J connectivity index is 2.58. The predicted octanol–water partition coefficient (Wildman–Crippen LogP) is 2.26. The average Bonchev–Trinajstić information content (AvgIpc) is 2.39. The van der Waals surface area contributed by atoms with Gasteiger partial charge in [-0.3, -0.25) is 9.36 Å². The number of benzene rings is 1. The molecule has 0 fully saturated rings. The van der Waals surface area contributed by atoms with Gasteiger partial charge in [0.2, 0.25) is 0 Å². The van der Waals surface area contributed by atoms with Crippen LogP contribution in [0.1, 0.15) is 10.4 Å². The van der Waals surface area contributed by atoms with Crippen LogP contribution in [0.15, 0.2) is 52.3 Å². The largest absolute Gasteiger partial charge is 0.478 e. The van der Waals surface area contributed by atoms with Gasteiger partial charge in [-0.15, -0.1) is 11.8 Å². The molecule has 0 saturated carbocycles. The minimum Gasteiger partial charge on any atom is -0.478 e. The van der Waals surface area contributed by atoms with Crippen LogP contribution in [0.25, 0.3) is 5.69 Å². The molecule has 0 aliphatic heterocycles. The lowest BCUT2D eigenvalue weighted by Crippen LogP contribution is -2.18. The Morgan fingerprint density at radius 1 is 1.28 bits per heavy atom. The van der Waals surface area contributed by atoms with Crippen molar-refractivity contribution >= 4 is 17.7 Å². The zero-order chi connectivity index (χ0) is 13.1. The third-order valence-corrected chi connectivity index (χ3v) is 3.21. The number of carboxylic acids is 1. The third kappa shape index (κ3) is 2.46. The molecule has 0 spiro atoms. The molecule has 0 amide bonds. The Hall–Kier alpha value is -2.01. The van der Waals surface area contributed by atoms with E-state index in [0.29, 0.717) is 5.69 Å². The number of thioether (sulfide) groups is 1. The minimum absolute atomic E-state index is 0.0872. The maximum Gasteiger partial charge on any atom is 0.337 e. The second-order valence-corrected chi connectivity index (χ2v) is 4.51. The number of hydrogen-bond acceptors (Lipinski definition) is 3. The molecule has 0 radical (unpaired) electrons. The predicted molar refractivity (Wildman–Crippen MR) is 70.8 cm³/mol. The van der Waals surface area contributed by atoms with E-state index in [-0.39, 0.29) is 11.1 Å². The number of aromatic nitrogens is 1. The Labute approximate surface area is 108 Å². The van der Waals surface area contributed by atoms with Crippen molar-refractivity contribution in [3.8, 4) is 5.69 Å². The molecule has 1 heterocycles. The van der Waals surface area contributed by atoms with Gasteiger partial charge in [0, 0.05) is 22.8 Å². The summed E-state index contributed by atoms with van der Waals surface area (Å²) in [5, 5.41) is 8.93. The zero-order valence-corrected chi connectivity index (χ0v) is 10.5. The highest BCUT2D eigenvalue weighted by atomic mass is 32.2. The molecule has 92 valence electrons. The molecule has 18 heavy (non-hydrogen) atoms. The molecule has 0 aliphatic carbocycles. The fourth-order valence-electron chi connectivity index (χ4n) is 1.58. The Bertz CT molecular complexity index is 649. The van der Waals surface area contributed by atoms with E-state index >= 15 is 0 Å². The van der Waals surface area contributed by atoms with E-state index in [1.807, 2.05) is 24.5 Å². The summed E-state index contributed by atoms with van der Waals surface area (Å²) < 4.78 is 1.34. The van der Waals surface area contributed by atoms with Crippen LogP contribution < -0.4 is 5.56 Å². The summed E-state index contributed by atoms with van der Waals surface area (Å²) in [6, 6.07) is 9.94. The lowest BCUT2D eigenvalue weighted by atomic mass is 10.2. The van der Waals surface area contributed by atoms with Crippen LogP contribution in [0.5, 0.6) is 0 Å². The standard InChI is InChI=1S/C13H11NO3S/c1-18-11-4-2-3-10(7-11)14-8-9(13(16)17)5-6-12(14)15/h2-8H,1H3,(H,16,17). The first-order chi connectivity index (χ1) is 8.61. The summed E-state index contributed by atoms with van der Waals surface area (Å²) in [7, 11) is 0. The van der Waals surface area contributed by atoms with Gasteiger partial charge in [-0.25, -0.2) is 4.79 Å². The molecule has 0 bridgehead atoms. The zero-order valence-electron chi connectivity index (χ0n) is 9.66. The van der Waals surface area contributed by atoms with E-state index < -0.39 is 5.97 Å². The highest BCUT2D eigenvalue weighted by Gasteiger charge is 2.06. The van der Waals surface area contributed by atoms with E-state index in [1.165, 1.54) is 22.9 Å². The highest BCUT2D eigenvalue weighted by Crippen LogP contribution is 2.17. The molecule has 0 unspecified atom stereocenters. The number of hydrogen-bond donors (Lipinski definition) is 1. The third-order valence-electron chi connectivity index (χ3n) is 2.49. The van der Waals surface area contributed by atoms with Crippen LogP contribution in [0.4, 0.5) is 0 Å². The van der Waals surface area contributed by atoms with Gasteiger partial charge in [-0.2, -0.15) is 0 Å². The maximum atomic E-state index is 11.8. The molecule has 4 nitrogen and oxygen atoms in total. The summed E-state index contributed by atoms with van der Waals surface area (Å²) in [5.41, 5.74) is 0.498. The van der Waals surface area contributed by atoms with Gasteiger partial charge >= 0.3 is 5.97 Å². The minimum atomic E-state index is -1.05. The lowest BCUT2D eigenvalue weighted by Gasteiger charge is -2.07. The Kier molecular flexibility index (Phi) is 3.53. The smallest absolute Gasteiger partial charge is 0.337 e. The van der Waals surface area contributed by atoms with Gasteiger partial charge in [0.1, 0.15) is 0 Å². The molecule has 1 N–H and O–H groups in total. The molecule has 2 aromatic rings. The van der Waals surface area contributed by atoms with Crippen LogP contribution in [0, 0.1) is 0 Å². The van der Waals surface area contributed by atoms with Crippen molar-refractivity contribution in [2.45, 2.75) is 4.90 Å². The molecule has 5 heteroatoms. The monoisotopic (exact) mass is 261 g/mol. The van der Waals surface area contributed by atoms with E-state index in [1.54, 1.807) is 17.8 Å². The Morgan fingerprint density at radius 2 is 2.06 bits per heavy atom. The number of rotatable bonds is 3.